The van der Waals surface area contributed by atoms with Crippen molar-refractivity contribution in [3.8, 4) is 11.1 Å². The van der Waals surface area contributed by atoms with E-state index >= 15 is 0 Å². The zero-order valence-corrected chi connectivity index (χ0v) is 12.9. The second-order valence-electron chi connectivity index (χ2n) is 5.58. The van der Waals surface area contributed by atoms with Crippen LogP contribution in [0.25, 0.3) is 11.1 Å². The Labute approximate surface area is 130 Å². The molecule has 1 fully saturated rings. The second-order valence-corrected chi connectivity index (χ2v) is 6.42. The summed E-state index contributed by atoms with van der Waals surface area (Å²) in [7, 11) is 0. The zero-order valence-electron chi connectivity index (χ0n) is 11.4. The molecule has 0 aromatic heterocycles. The van der Waals surface area contributed by atoms with Crippen molar-refractivity contribution in [3.63, 3.8) is 0 Å². The van der Waals surface area contributed by atoms with Crippen LogP contribution in [0.15, 0.2) is 42.5 Å². The van der Waals surface area contributed by atoms with Gasteiger partial charge in [-0.1, -0.05) is 72.8 Å². The number of rotatable bonds is 2. The van der Waals surface area contributed by atoms with E-state index in [4.69, 9.17) is 23.2 Å². The van der Waals surface area contributed by atoms with E-state index in [0.717, 1.165) is 17.0 Å². The van der Waals surface area contributed by atoms with Gasteiger partial charge in [-0.25, -0.2) is 0 Å². The summed E-state index contributed by atoms with van der Waals surface area (Å²) >= 11 is 12.2. The Hall–Kier alpha value is -0.980. The summed E-state index contributed by atoms with van der Waals surface area (Å²) in [5.74, 6) is 0.749. The van der Waals surface area contributed by atoms with Crippen molar-refractivity contribution in [2.24, 2.45) is 0 Å². The molecule has 0 heterocycles. The lowest BCUT2D eigenvalue weighted by molar-refractivity contribution is 0.443. The predicted molar refractivity (Wildman–Crippen MR) is 87.7 cm³/mol. The van der Waals surface area contributed by atoms with Crippen LogP contribution in [-0.4, -0.2) is 0 Å². The molecule has 0 amide bonds. The first kappa shape index (κ1) is 14.0. The van der Waals surface area contributed by atoms with Gasteiger partial charge in [0.25, 0.3) is 0 Å². The topological polar surface area (TPSA) is 0 Å². The highest BCUT2D eigenvalue weighted by Crippen LogP contribution is 2.35. The Morgan fingerprint density at radius 1 is 0.800 bits per heavy atom. The normalized spacial score (nSPS) is 16.3. The molecule has 2 aromatic carbocycles. The highest BCUT2D eigenvalue weighted by Gasteiger charge is 2.15. The molecule has 0 unspecified atom stereocenters. The molecule has 1 aliphatic rings. The summed E-state index contributed by atoms with van der Waals surface area (Å²) < 4.78 is 0. The smallest absolute Gasteiger partial charge is 0.0499 e. The predicted octanol–water partition coefficient (Wildman–Crippen LogP) is 6.71. The molecule has 0 bridgehead atoms. The fourth-order valence-electron chi connectivity index (χ4n) is 3.09. The maximum absolute atomic E-state index is 6.27. The summed E-state index contributed by atoms with van der Waals surface area (Å²) in [6.07, 6.45) is 6.81. The first-order chi connectivity index (χ1) is 9.74. The van der Waals surface area contributed by atoms with E-state index in [2.05, 4.69) is 24.3 Å². The molecular weight excluding hydrogens is 287 g/mol. The summed E-state index contributed by atoms with van der Waals surface area (Å²) in [6.45, 7) is 0. The second kappa shape index (κ2) is 6.20. The third-order valence-corrected chi connectivity index (χ3v) is 4.78. The molecule has 0 N–H and O–H groups in total. The van der Waals surface area contributed by atoms with Crippen LogP contribution in [0.2, 0.25) is 10.0 Å². The van der Waals surface area contributed by atoms with Crippen molar-refractivity contribution in [3.05, 3.63) is 58.1 Å². The lowest BCUT2D eigenvalue weighted by atomic mass is 9.84. The molecule has 1 aliphatic carbocycles. The summed E-state index contributed by atoms with van der Waals surface area (Å²) in [5.41, 5.74) is 3.68. The summed E-state index contributed by atoms with van der Waals surface area (Å²) in [4.78, 5) is 0. The molecule has 0 nitrogen and oxygen atoms in total. The Balaban J connectivity index is 1.85. The minimum atomic E-state index is 0.678. The number of halogens is 2. The molecular formula is C18H18Cl2. The quantitative estimate of drug-likeness (QED) is 0.578. The molecule has 104 valence electrons. The van der Waals surface area contributed by atoms with Crippen molar-refractivity contribution in [2.45, 2.75) is 38.0 Å². The molecule has 2 heteroatoms. The standard InChI is InChI=1S/C18H18Cl2/c19-16-10-11-17(18(20)12-16)15-8-6-14(7-9-15)13-4-2-1-3-5-13/h6-13H,1-5H2. The largest absolute Gasteiger partial charge is 0.0843 e. The van der Waals surface area contributed by atoms with Crippen LogP contribution in [0.3, 0.4) is 0 Å². The van der Waals surface area contributed by atoms with E-state index in [1.54, 1.807) is 6.07 Å². The number of hydrogen-bond donors (Lipinski definition) is 0. The van der Waals surface area contributed by atoms with Gasteiger partial charge in [-0.05, 0) is 42.0 Å². The first-order valence-electron chi connectivity index (χ1n) is 7.29. The zero-order chi connectivity index (χ0) is 13.9. The van der Waals surface area contributed by atoms with Gasteiger partial charge in [0, 0.05) is 15.6 Å². The van der Waals surface area contributed by atoms with Crippen LogP contribution in [0.4, 0.5) is 0 Å². The molecule has 0 saturated heterocycles. The van der Waals surface area contributed by atoms with Crippen LogP contribution in [0, 0.1) is 0 Å². The molecule has 2 aromatic rings. The average Bonchev–Trinajstić information content (AvgIpc) is 2.48. The maximum atomic E-state index is 6.27. The van der Waals surface area contributed by atoms with E-state index in [0.29, 0.717) is 10.0 Å². The van der Waals surface area contributed by atoms with E-state index in [9.17, 15) is 0 Å². The molecule has 20 heavy (non-hydrogen) atoms. The van der Waals surface area contributed by atoms with Crippen molar-refractivity contribution < 1.29 is 0 Å². The van der Waals surface area contributed by atoms with Crippen molar-refractivity contribution in [1.82, 2.24) is 0 Å². The van der Waals surface area contributed by atoms with Gasteiger partial charge in [-0.2, -0.15) is 0 Å². The minimum absolute atomic E-state index is 0.678. The molecule has 0 atom stereocenters. The van der Waals surface area contributed by atoms with E-state index < -0.39 is 0 Å². The first-order valence-corrected chi connectivity index (χ1v) is 8.05. The van der Waals surface area contributed by atoms with Gasteiger partial charge in [0.2, 0.25) is 0 Å². The lowest BCUT2D eigenvalue weighted by Gasteiger charge is -2.22. The minimum Gasteiger partial charge on any atom is -0.0843 e. The number of hydrogen-bond acceptors (Lipinski definition) is 0. The van der Waals surface area contributed by atoms with Gasteiger partial charge in [0.15, 0.2) is 0 Å². The Kier molecular flexibility index (Phi) is 4.33. The van der Waals surface area contributed by atoms with E-state index in [-0.39, 0.29) is 0 Å². The van der Waals surface area contributed by atoms with Gasteiger partial charge in [0.05, 0.1) is 0 Å². The summed E-state index contributed by atoms with van der Waals surface area (Å²) in [6, 6.07) is 14.6. The summed E-state index contributed by atoms with van der Waals surface area (Å²) in [5, 5.41) is 1.39. The molecule has 0 aliphatic heterocycles. The van der Waals surface area contributed by atoms with Crippen LogP contribution in [-0.2, 0) is 0 Å². The third-order valence-electron chi connectivity index (χ3n) is 4.23. The molecule has 3 rings (SSSR count). The fraction of sp³-hybridized carbons (Fsp3) is 0.333. The van der Waals surface area contributed by atoms with Gasteiger partial charge in [-0.3, -0.25) is 0 Å². The van der Waals surface area contributed by atoms with Crippen LogP contribution >= 0.6 is 23.2 Å². The number of benzene rings is 2. The highest BCUT2D eigenvalue weighted by molar-refractivity contribution is 6.36. The average molecular weight is 305 g/mol. The van der Waals surface area contributed by atoms with Gasteiger partial charge in [0.1, 0.15) is 0 Å². The van der Waals surface area contributed by atoms with Crippen LogP contribution < -0.4 is 0 Å². The van der Waals surface area contributed by atoms with Gasteiger partial charge in [-0.15, -0.1) is 0 Å². The van der Waals surface area contributed by atoms with Crippen molar-refractivity contribution in [1.29, 1.82) is 0 Å². The Morgan fingerprint density at radius 2 is 1.50 bits per heavy atom. The molecule has 0 spiro atoms. The fourth-order valence-corrected chi connectivity index (χ4v) is 3.61. The van der Waals surface area contributed by atoms with Crippen molar-refractivity contribution in [2.75, 3.05) is 0 Å². The van der Waals surface area contributed by atoms with Crippen LogP contribution in [0.1, 0.15) is 43.6 Å². The van der Waals surface area contributed by atoms with E-state index in [1.165, 1.54) is 37.7 Å². The lowest BCUT2D eigenvalue weighted by Crippen LogP contribution is -2.04. The molecule has 0 radical (unpaired) electrons. The maximum Gasteiger partial charge on any atom is 0.0499 e. The monoisotopic (exact) mass is 304 g/mol. The van der Waals surface area contributed by atoms with Crippen LogP contribution in [0.5, 0.6) is 0 Å². The van der Waals surface area contributed by atoms with Gasteiger partial charge >= 0.3 is 0 Å². The third kappa shape index (κ3) is 3.02. The van der Waals surface area contributed by atoms with E-state index in [1.807, 2.05) is 12.1 Å². The Bertz CT molecular complexity index is 581. The Morgan fingerprint density at radius 3 is 2.15 bits per heavy atom. The highest BCUT2D eigenvalue weighted by atomic mass is 35.5. The van der Waals surface area contributed by atoms with Gasteiger partial charge < -0.3 is 0 Å². The molecule has 1 saturated carbocycles. The SMILES string of the molecule is Clc1ccc(-c2ccc(C3CCCCC3)cc2)c(Cl)c1. The van der Waals surface area contributed by atoms with Crippen molar-refractivity contribution >= 4 is 23.2 Å².